The maximum atomic E-state index is 13.1. The van der Waals surface area contributed by atoms with E-state index in [-0.39, 0.29) is 6.04 Å². The van der Waals surface area contributed by atoms with Crippen molar-refractivity contribution in [2.75, 3.05) is 18.1 Å². The van der Waals surface area contributed by atoms with Crippen LogP contribution in [-0.4, -0.2) is 25.2 Å². The molecule has 3 nitrogen and oxygen atoms in total. The van der Waals surface area contributed by atoms with Gasteiger partial charge in [-0.25, -0.2) is 9.18 Å². The van der Waals surface area contributed by atoms with Gasteiger partial charge in [0.1, 0.15) is 12.4 Å². The molecular formula is C12H12FNO2. The van der Waals surface area contributed by atoms with Crippen molar-refractivity contribution < 1.29 is 13.9 Å². The number of halogens is 1. The fourth-order valence-corrected chi connectivity index (χ4v) is 2.50. The molecule has 1 atom stereocenters. The van der Waals surface area contributed by atoms with Crippen LogP contribution in [0.5, 0.6) is 0 Å². The molecule has 0 aromatic heterocycles. The van der Waals surface area contributed by atoms with Crippen molar-refractivity contribution in [2.24, 2.45) is 0 Å². The Morgan fingerprint density at radius 1 is 1.44 bits per heavy atom. The summed E-state index contributed by atoms with van der Waals surface area (Å²) in [6.45, 7) is 1.33. The third-order valence-electron chi connectivity index (χ3n) is 3.27. The molecule has 0 aliphatic carbocycles. The monoisotopic (exact) mass is 221 g/mol. The Morgan fingerprint density at radius 3 is 3.19 bits per heavy atom. The Labute approximate surface area is 92.8 Å². The molecule has 84 valence electrons. The molecule has 1 aromatic carbocycles. The molecule has 1 aromatic rings. The van der Waals surface area contributed by atoms with E-state index in [1.54, 1.807) is 6.07 Å². The number of benzene rings is 1. The van der Waals surface area contributed by atoms with Gasteiger partial charge in [0.2, 0.25) is 0 Å². The van der Waals surface area contributed by atoms with Crippen LogP contribution in [-0.2, 0) is 4.74 Å². The predicted octanol–water partition coefficient (Wildman–Crippen LogP) is 1.96. The summed E-state index contributed by atoms with van der Waals surface area (Å²) in [5.74, 6) is -0.808. The topological polar surface area (TPSA) is 29.5 Å². The fraction of sp³-hybridized carbons (Fsp3) is 0.417. The van der Waals surface area contributed by atoms with Gasteiger partial charge in [-0.15, -0.1) is 0 Å². The van der Waals surface area contributed by atoms with Gasteiger partial charge in [0, 0.05) is 6.54 Å². The van der Waals surface area contributed by atoms with E-state index in [9.17, 15) is 9.18 Å². The minimum absolute atomic E-state index is 0.260. The smallest absolute Gasteiger partial charge is 0.340 e. The molecule has 1 unspecified atom stereocenters. The average Bonchev–Trinajstić information content (AvgIpc) is 2.69. The summed E-state index contributed by atoms with van der Waals surface area (Å²) >= 11 is 0. The van der Waals surface area contributed by atoms with Crippen molar-refractivity contribution >= 4 is 11.7 Å². The summed E-state index contributed by atoms with van der Waals surface area (Å²) in [6, 6.07) is 4.59. The number of esters is 1. The summed E-state index contributed by atoms with van der Waals surface area (Å²) in [7, 11) is 0. The molecule has 0 N–H and O–H groups in total. The van der Waals surface area contributed by atoms with Crippen LogP contribution >= 0.6 is 0 Å². The first-order valence-corrected chi connectivity index (χ1v) is 5.49. The molecule has 0 bridgehead atoms. The van der Waals surface area contributed by atoms with E-state index in [1.165, 1.54) is 12.1 Å². The van der Waals surface area contributed by atoms with Crippen molar-refractivity contribution in [3.63, 3.8) is 0 Å². The number of ether oxygens (including phenoxy) is 1. The summed E-state index contributed by atoms with van der Waals surface area (Å²) in [4.78, 5) is 13.8. The molecule has 2 aliphatic heterocycles. The maximum Gasteiger partial charge on any atom is 0.340 e. The molecule has 0 saturated carbocycles. The lowest BCUT2D eigenvalue weighted by Crippen LogP contribution is -2.31. The van der Waals surface area contributed by atoms with E-state index in [2.05, 4.69) is 4.90 Å². The summed E-state index contributed by atoms with van der Waals surface area (Å²) < 4.78 is 18.3. The van der Waals surface area contributed by atoms with Crippen LogP contribution in [0.2, 0.25) is 0 Å². The van der Waals surface area contributed by atoms with E-state index in [1.807, 2.05) is 0 Å². The van der Waals surface area contributed by atoms with Crippen LogP contribution in [0.1, 0.15) is 23.2 Å². The number of hydrogen-bond donors (Lipinski definition) is 0. The first-order valence-electron chi connectivity index (χ1n) is 5.49. The van der Waals surface area contributed by atoms with Crippen molar-refractivity contribution in [3.8, 4) is 0 Å². The van der Waals surface area contributed by atoms with Crippen LogP contribution in [0.3, 0.4) is 0 Å². The second kappa shape index (κ2) is 3.47. The Kier molecular flexibility index (Phi) is 2.09. The van der Waals surface area contributed by atoms with Gasteiger partial charge < -0.3 is 9.64 Å². The lowest BCUT2D eigenvalue weighted by molar-refractivity contribution is 0.0496. The number of nitrogens with zero attached hydrogens (tertiary/aromatic N) is 1. The SMILES string of the molecule is O=C1OCC2CCCN2c2ccc(F)cc21. The van der Waals surface area contributed by atoms with Gasteiger partial charge in [-0.05, 0) is 31.0 Å². The van der Waals surface area contributed by atoms with Crippen LogP contribution < -0.4 is 4.90 Å². The first kappa shape index (κ1) is 9.63. The average molecular weight is 221 g/mol. The molecular weight excluding hydrogens is 209 g/mol. The molecule has 1 fully saturated rings. The van der Waals surface area contributed by atoms with Gasteiger partial charge in [-0.2, -0.15) is 0 Å². The number of rotatable bonds is 0. The van der Waals surface area contributed by atoms with Gasteiger partial charge in [0.25, 0.3) is 0 Å². The Balaban J connectivity index is 2.12. The van der Waals surface area contributed by atoms with Gasteiger partial charge in [0.05, 0.1) is 17.3 Å². The molecule has 16 heavy (non-hydrogen) atoms. The normalized spacial score (nSPS) is 23.4. The number of carbonyl (C=O) groups excluding carboxylic acids is 1. The molecule has 0 spiro atoms. The highest BCUT2D eigenvalue weighted by Crippen LogP contribution is 2.32. The van der Waals surface area contributed by atoms with Crippen molar-refractivity contribution in [1.29, 1.82) is 0 Å². The van der Waals surface area contributed by atoms with E-state index >= 15 is 0 Å². The van der Waals surface area contributed by atoms with E-state index < -0.39 is 11.8 Å². The van der Waals surface area contributed by atoms with E-state index in [0.717, 1.165) is 25.1 Å². The van der Waals surface area contributed by atoms with Crippen LogP contribution in [0.25, 0.3) is 0 Å². The second-order valence-electron chi connectivity index (χ2n) is 4.25. The largest absolute Gasteiger partial charge is 0.460 e. The number of cyclic esters (lactones) is 1. The minimum atomic E-state index is -0.413. The standard InChI is InChI=1S/C12H12FNO2/c13-8-3-4-11-10(6-8)12(15)16-7-9-2-1-5-14(9)11/h3-4,6,9H,1-2,5,7H2. The molecule has 2 aliphatic rings. The number of fused-ring (bicyclic) bond motifs is 3. The van der Waals surface area contributed by atoms with Gasteiger partial charge in [-0.3, -0.25) is 0 Å². The first-order chi connectivity index (χ1) is 7.75. The summed E-state index contributed by atoms with van der Waals surface area (Å²) in [5, 5.41) is 0. The molecule has 3 rings (SSSR count). The van der Waals surface area contributed by atoms with Crippen LogP contribution in [0.4, 0.5) is 10.1 Å². The molecule has 0 radical (unpaired) electrons. The second-order valence-corrected chi connectivity index (χ2v) is 4.25. The van der Waals surface area contributed by atoms with E-state index in [4.69, 9.17) is 4.74 Å². The highest BCUT2D eigenvalue weighted by Gasteiger charge is 2.32. The molecule has 0 amide bonds. The van der Waals surface area contributed by atoms with Gasteiger partial charge in [-0.1, -0.05) is 0 Å². The molecule has 4 heteroatoms. The Hall–Kier alpha value is -1.58. The zero-order chi connectivity index (χ0) is 11.1. The van der Waals surface area contributed by atoms with E-state index in [0.29, 0.717) is 12.2 Å². The summed E-state index contributed by atoms with van der Waals surface area (Å²) in [5.41, 5.74) is 1.16. The van der Waals surface area contributed by atoms with Crippen LogP contribution in [0.15, 0.2) is 18.2 Å². The highest BCUT2D eigenvalue weighted by molar-refractivity contribution is 5.96. The third kappa shape index (κ3) is 1.37. The van der Waals surface area contributed by atoms with Crippen molar-refractivity contribution in [2.45, 2.75) is 18.9 Å². The molecule has 2 heterocycles. The number of hydrogen-bond acceptors (Lipinski definition) is 3. The molecule has 1 saturated heterocycles. The zero-order valence-corrected chi connectivity index (χ0v) is 8.78. The Morgan fingerprint density at radius 2 is 2.31 bits per heavy atom. The highest BCUT2D eigenvalue weighted by atomic mass is 19.1. The van der Waals surface area contributed by atoms with Gasteiger partial charge >= 0.3 is 5.97 Å². The number of carbonyl (C=O) groups is 1. The van der Waals surface area contributed by atoms with Crippen molar-refractivity contribution in [3.05, 3.63) is 29.6 Å². The lowest BCUT2D eigenvalue weighted by atomic mass is 10.1. The maximum absolute atomic E-state index is 13.1. The summed E-state index contributed by atoms with van der Waals surface area (Å²) in [6.07, 6.45) is 2.13. The minimum Gasteiger partial charge on any atom is -0.460 e. The lowest BCUT2D eigenvalue weighted by Gasteiger charge is -2.24. The van der Waals surface area contributed by atoms with Crippen molar-refractivity contribution in [1.82, 2.24) is 0 Å². The fourth-order valence-electron chi connectivity index (χ4n) is 2.50. The predicted molar refractivity (Wildman–Crippen MR) is 57.1 cm³/mol. The quantitative estimate of drug-likeness (QED) is 0.627. The third-order valence-corrected chi connectivity index (χ3v) is 3.27. The van der Waals surface area contributed by atoms with Crippen LogP contribution in [0, 0.1) is 5.82 Å². The Bertz CT molecular complexity index is 447. The van der Waals surface area contributed by atoms with Gasteiger partial charge in [0.15, 0.2) is 0 Å². The zero-order valence-electron chi connectivity index (χ0n) is 8.78. The number of anilines is 1.